The Bertz CT molecular complexity index is 1390. The first-order valence-electron chi connectivity index (χ1n) is 12.2. The Labute approximate surface area is 210 Å². The summed E-state index contributed by atoms with van der Waals surface area (Å²) in [5, 5.41) is 19.5. The summed E-state index contributed by atoms with van der Waals surface area (Å²) in [6.45, 7) is 12.2. The van der Waals surface area contributed by atoms with Crippen LogP contribution in [0, 0.1) is 6.92 Å². The minimum Gasteiger partial charge on any atom is -0.353 e. The number of hydrogen-bond acceptors (Lipinski definition) is 8. The molecule has 188 valence electrons. The monoisotopic (exact) mass is 488 g/mol. The molecule has 0 saturated carbocycles. The van der Waals surface area contributed by atoms with Gasteiger partial charge in [0.25, 0.3) is 11.7 Å². The Morgan fingerprint density at radius 1 is 1.11 bits per heavy atom. The Morgan fingerprint density at radius 3 is 2.58 bits per heavy atom. The third-order valence-corrected chi connectivity index (χ3v) is 6.48. The fraction of sp³-hybridized carbons (Fsp3) is 0.440. The number of aryl methyl sites for hydroxylation is 1. The number of benzene rings is 1. The second kappa shape index (κ2) is 9.30. The Hall–Kier alpha value is -3.86. The molecule has 0 radical (unpaired) electrons. The molecular weight excluding hydrogens is 456 g/mol. The van der Waals surface area contributed by atoms with Crippen molar-refractivity contribution in [2.75, 3.05) is 38.1 Å². The number of likely N-dealkylation sites (N-methyl/N-ethyl adjacent to an activating group) is 1. The number of aromatic nitrogens is 7. The number of piperazine rings is 1. The van der Waals surface area contributed by atoms with Crippen LogP contribution in [0.2, 0.25) is 0 Å². The molecule has 3 aromatic heterocycles. The lowest BCUT2D eigenvalue weighted by Crippen LogP contribution is -2.44. The average Bonchev–Trinajstić information content (AvgIpc) is 3.53. The first-order chi connectivity index (χ1) is 17.2. The summed E-state index contributed by atoms with van der Waals surface area (Å²) in [4.78, 5) is 23.7. The van der Waals surface area contributed by atoms with E-state index in [2.05, 4.69) is 48.7 Å². The average molecular weight is 489 g/mol. The molecule has 0 unspecified atom stereocenters. The molecule has 0 atom stereocenters. The number of fused-ring (bicyclic) bond motifs is 1. The number of rotatable bonds is 5. The van der Waals surface area contributed by atoms with Crippen LogP contribution in [0.25, 0.3) is 16.8 Å². The lowest BCUT2D eigenvalue weighted by Gasteiger charge is -2.33. The number of tetrazole rings is 1. The molecule has 11 heteroatoms. The van der Waals surface area contributed by atoms with Gasteiger partial charge >= 0.3 is 0 Å². The first kappa shape index (κ1) is 23.9. The van der Waals surface area contributed by atoms with Gasteiger partial charge in [0.05, 0.1) is 29.1 Å². The van der Waals surface area contributed by atoms with Crippen molar-refractivity contribution in [3.05, 3.63) is 53.6 Å². The zero-order chi connectivity index (χ0) is 25.4. The van der Waals surface area contributed by atoms with Gasteiger partial charge in [0.15, 0.2) is 0 Å². The van der Waals surface area contributed by atoms with Crippen LogP contribution in [-0.2, 0) is 12.1 Å². The standard InChI is InChI=1S/C25H32N10O/c1-17-14-18(6-7-19(17)15-26-24(36)23-29-31-35(30-23)25(2,3)4)22-20-8-9-27-34(20)16-21(28-22)33-12-10-32(5)11-13-33/h6-9,14,16H,10-13,15H2,1-5H3,(H,26,36). The van der Waals surface area contributed by atoms with E-state index in [1.165, 1.54) is 4.80 Å². The zero-order valence-electron chi connectivity index (χ0n) is 21.4. The summed E-state index contributed by atoms with van der Waals surface area (Å²) < 4.78 is 1.90. The number of nitrogens with zero attached hydrogens (tertiary/aromatic N) is 9. The van der Waals surface area contributed by atoms with Crippen LogP contribution in [0.3, 0.4) is 0 Å². The van der Waals surface area contributed by atoms with Gasteiger partial charge in [-0.1, -0.05) is 12.1 Å². The summed E-state index contributed by atoms with van der Waals surface area (Å²) >= 11 is 0. The lowest BCUT2D eigenvalue weighted by molar-refractivity contribution is 0.0939. The number of amides is 1. The van der Waals surface area contributed by atoms with Crippen LogP contribution in [0.5, 0.6) is 0 Å². The van der Waals surface area contributed by atoms with E-state index in [4.69, 9.17) is 4.98 Å². The summed E-state index contributed by atoms with van der Waals surface area (Å²) in [6, 6.07) is 8.17. The lowest BCUT2D eigenvalue weighted by atomic mass is 10.0. The molecule has 1 aliphatic rings. The van der Waals surface area contributed by atoms with Gasteiger partial charge in [-0.3, -0.25) is 4.79 Å². The largest absolute Gasteiger partial charge is 0.353 e. The van der Waals surface area contributed by atoms with E-state index in [0.717, 1.165) is 59.9 Å². The van der Waals surface area contributed by atoms with E-state index in [9.17, 15) is 4.79 Å². The topological polar surface area (TPSA) is 109 Å². The van der Waals surface area contributed by atoms with Crippen molar-refractivity contribution in [1.29, 1.82) is 0 Å². The van der Waals surface area contributed by atoms with Gasteiger partial charge in [0.2, 0.25) is 0 Å². The Balaban J connectivity index is 1.35. The summed E-state index contributed by atoms with van der Waals surface area (Å²) in [6.07, 6.45) is 3.81. The van der Waals surface area contributed by atoms with Gasteiger partial charge in [-0.25, -0.2) is 9.50 Å². The van der Waals surface area contributed by atoms with Crippen LogP contribution < -0.4 is 10.2 Å². The van der Waals surface area contributed by atoms with Gasteiger partial charge < -0.3 is 15.1 Å². The third kappa shape index (κ3) is 4.78. The van der Waals surface area contributed by atoms with E-state index < -0.39 is 0 Å². The molecule has 1 aliphatic heterocycles. The Kier molecular flexibility index (Phi) is 6.17. The smallest absolute Gasteiger partial charge is 0.293 e. The summed E-state index contributed by atoms with van der Waals surface area (Å²) in [5.74, 6) is 0.642. The van der Waals surface area contributed by atoms with Crippen molar-refractivity contribution in [3.8, 4) is 11.3 Å². The minimum atomic E-state index is -0.350. The van der Waals surface area contributed by atoms with Gasteiger partial charge in [-0.15, -0.1) is 10.2 Å². The maximum Gasteiger partial charge on any atom is 0.293 e. The van der Waals surface area contributed by atoms with Crippen molar-refractivity contribution in [2.24, 2.45) is 0 Å². The van der Waals surface area contributed by atoms with E-state index >= 15 is 0 Å². The second-order valence-corrected chi connectivity index (χ2v) is 10.3. The quantitative estimate of drug-likeness (QED) is 0.455. The second-order valence-electron chi connectivity index (χ2n) is 10.3. The van der Waals surface area contributed by atoms with E-state index in [-0.39, 0.29) is 17.3 Å². The number of hydrogen-bond donors (Lipinski definition) is 1. The van der Waals surface area contributed by atoms with Crippen molar-refractivity contribution in [3.63, 3.8) is 0 Å². The summed E-state index contributed by atoms with van der Waals surface area (Å²) in [5.41, 5.74) is 4.60. The number of carbonyl (C=O) groups is 1. The van der Waals surface area contributed by atoms with Gasteiger partial charge in [0, 0.05) is 38.3 Å². The van der Waals surface area contributed by atoms with Crippen molar-refractivity contribution in [2.45, 2.75) is 39.8 Å². The summed E-state index contributed by atoms with van der Waals surface area (Å²) in [7, 11) is 2.14. The molecule has 4 aromatic rings. The molecule has 4 heterocycles. The maximum absolute atomic E-state index is 12.6. The highest BCUT2D eigenvalue weighted by atomic mass is 16.2. The molecule has 0 bridgehead atoms. The molecule has 0 aliphatic carbocycles. The normalized spacial score (nSPS) is 15.0. The van der Waals surface area contributed by atoms with Crippen LogP contribution in [0.1, 0.15) is 42.5 Å². The molecule has 11 nitrogen and oxygen atoms in total. The number of anilines is 1. The van der Waals surface area contributed by atoms with Gasteiger partial charge in [-0.05, 0) is 63.2 Å². The molecular formula is C25H32N10O. The fourth-order valence-electron chi connectivity index (χ4n) is 4.20. The molecule has 1 N–H and O–H groups in total. The minimum absolute atomic E-state index is 0.0623. The maximum atomic E-state index is 12.6. The van der Waals surface area contributed by atoms with Crippen LogP contribution in [0.15, 0.2) is 36.7 Å². The number of carbonyl (C=O) groups excluding carboxylic acids is 1. The predicted molar refractivity (Wildman–Crippen MR) is 137 cm³/mol. The fourth-order valence-corrected chi connectivity index (χ4v) is 4.20. The molecule has 1 aromatic carbocycles. The van der Waals surface area contributed by atoms with E-state index in [0.29, 0.717) is 6.54 Å². The van der Waals surface area contributed by atoms with Crippen molar-refractivity contribution >= 4 is 17.2 Å². The SMILES string of the molecule is Cc1cc(-c2nc(N3CCN(C)CC3)cn3nccc23)ccc1CNC(=O)c1nnn(C(C)(C)C)n1. The molecule has 0 spiro atoms. The predicted octanol–water partition coefficient (Wildman–Crippen LogP) is 2.13. The molecule has 1 fully saturated rings. The van der Waals surface area contributed by atoms with Crippen molar-refractivity contribution in [1.82, 2.24) is 45.0 Å². The van der Waals surface area contributed by atoms with Gasteiger partial charge in [0.1, 0.15) is 5.82 Å². The van der Waals surface area contributed by atoms with Crippen LogP contribution in [0.4, 0.5) is 5.82 Å². The zero-order valence-corrected chi connectivity index (χ0v) is 21.4. The van der Waals surface area contributed by atoms with E-state index in [1.807, 2.05) is 56.6 Å². The van der Waals surface area contributed by atoms with Crippen LogP contribution in [-0.4, -0.2) is 78.8 Å². The van der Waals surface area contributed by atoms with Crippen molar-refractivity contribution < 1.29 is 4.79 Å². The van der Waals surface area contributed by atoms with Gasteiger partial charge in [-0.2, -0.15) is 9.90 Å². The highest BCUT2D eigenvalue weighted by Crippen LogP contribution is 2.28. The molecule has 36 heavy (non-hydrogen) atoms. The molecule has 5 rings (SSSR count). The molecule has 1 amide bonds. The van der Waals surface area contributed by atoms with E-state index in [1.54, 1.807) is 6.20 Å². The highest BCUT2D eigenvalue weighted by Gasteiger charge is 2.21. The highest BCUT2D eigenvalue weighted by molar-refractivity contribution is 5.90. The number of nitrogens with one attached hydrogen (secondary N) is 1. The first-order valence-corrected chi connectivity index (χ1v) is 12.2. The Morgan fingerprint density at radius 2 is 1.89 bits per heavy atom. The van der Waals surface area contributed by atoms with Crippen LogP contribution >= 0.6 is 0 Å². The molecule has 1 saturated heterocycles. The third-order valence-electron chi connectivity index (χ3n) is 6.48.